The zero-order valence-electron chi connectivity index (χ0n) is 12.1. The molecule has 1 N–H and O–H groups in total. The predicted octanol–water partition coefficient (Wildman–Crippen LogP) is 2.17. The molecule has 3 rings (SSSR count). The van der Waals surface area contributed by atoms with E-state index in [0.29, 0.717) is 11.3 Å². The summed E-state index contributed by atoms with van der Waals surface area (Å²) in [5.41, 5.74) is 2.25. The molecule has 108 valence electrons. The van der Waals surface area contributed by atoms with Gasteiger partial charge in [-0.05, 0) is 18.2 Å². The highest BCUT2D eigenvalue weighted by atomic mass is 16.5. The van der Waals surface area contributed by atoms with Crippen LogP contribution in [0.4, 0.5) is 5.69 Å². The Morgan fingerprint density at radius 3 is 2.76 bits per heavy atom. The third-order valence-electron chi connectivity index (χ3n) is 3.40. The molecular weight excluding hydrogens is 268 g/mol. The van der Waals surface area contributed by atoms with Crippen molar-refractivity contribution in [1.82, 2.24) is 14.3 Å². The molecule has 0 spiro atoms. The Kier molecular flexibility index (Phi) is 3.13. The lowest BCUT2D eigenvalue weighted by Gasteiger charge is -2.03. The number of nitrogens with one attached hydrogen (secondary N) is 1. The molecule has 0 saturated heterocycles. The maximum absolute atomic E-state index is 12.4. The zero-order valence-corrected chi connectivity index (χ0v) is 12.1. The lowest BCUT2D eigenvalue weighted by Crippen LogP contribution is -2.11. The number of carbonyl (C=O) groups excluding carboxylic acids is 1. The Bertz CT molecular complexity index is 816. The average Bonchev–Trinajstić information content (AvgIpc) is 3.02. The van der Waals surface area contributed by atoms with Crippen molar-refractivity contribution in [2.24, 2.45) is 14.1 Å². The van der Waals surface area contributed by atoms with Gasteiger partial charge in [0.2, 0.25) is 0 Å². The number of anilines is 1. The van der Waals surface area contributed by atoms with Gasteiger partial charge in [-0.3, -0.25) is 9.48 Å². The molecule has 6 heteroatoms. The Morgan fingerprint density at radius 1 is 1.29 bits per heavy atom. The highest BCUT2D eigenvalue weighted by Crippen LogP contribution is 2.26. The standard InChI is InChI=1S/C15H16N4O2/c1-18-9-13(12-6-11(21-3)4-5-14(12)18)15(20)17-10-7-16-19(2)8-10/h4-9H,1-3H3,(H,17,20). The van der Waals surface area contributed by atoms with Gasteiger partial charge in [-0.15, -0.1) is 0 Å². The molecule has 1 amide bonds. The number of hydrogen-bond acceptors (Lipinski definition) is 3. The summed E-state index contributed by atoms with van der Waals surface area (Å²) in [5.74, 6) is 0.561. The van der Waals surface area contributed by atoms with Crippen molar-refractivity contribution < 1.29 is 9.53 Å². The van der Waals surface area contributed by atoms with E-state index in [1.165, 1.54) is 0 Å². The first kappa shape index (κ1) is 13.2. The summed E-state index contributed by atoms with van der Waals surface area (Å²) >= 11 is 0. The van der Waals surface area contributed by atoms with Crippen molar-refractivity contribution >= 4 is 22.5 Å². The molecule has 0 aliphatic carbocycles. The molecule has 0 bridgehead atoms. The van der Waals surface area contributed by atoms with Crippen LogP contribution in [0.25, 0.3) is 10.9 Å². The largest absolute Gasteiger partial charge is 0.497 e. The van der Waals surface area contributed by atoms with E-state index in [-0.39, 0.29) is 5.91 Å². The Morgan fingerprint density at radius 2 is 2.10 bits per heavy atom. The van der Waals surface area contributed by atoms with Crippen LogP contribution in [-0.4, -0.2) is 27.4 Å². The van der Waals surface area contributed by atoms with Gasteiger partial charge in [0.05, 0.1) is 24.6 Å². The highest BCUT2D eigenvalue weighted by Gasteiger charge is 2.15. The first-order valence-electron chi connectivity index (χ1n) is 6.51. The number of aromatic nitrogens is 3. The van der Waals surface area contributed by atoms with Crippen LogP contribution in [0.5, 0.6) is 5.75 Å². The summed E-state index contributed by atoms with van der Waals surface area (Å²) in [5, 5.41) is 7.74. The van der Waals surface area contributed by atoms with Crippen molar-refractivity contribution in [2.45, 2.75) is 0 Å². The van der Waals surface area contributed by atoms with E-state index >= 15 is 0 Å². The smallest absolute Gasteiger partial charge is 0.257 e. The van der Waals surface area contributed by atoms with Crippen LogP contribution in [0.1, 0.15) is 10.4 Å². The molecule has 0 aliphatic rings. The molecule has 2 heterocycles. The van der Waals surface area contributed by atoms with Crippen molar-refractivity contribution in [3.63, 3.8) is 0 Å². The molecule has 3 aromatic rings. The van der Waals surface area contributed by atoms with Crippen molar-refractivity contribution in [3.8, 4) is 5.75 Å². The highest BCUT2D eigenvalue weighted by molar-refractivity contribution is 6.13. The minimum atomic E-state index is -0.165. The molecule has 2 aromatic heterocycles. The van der Waals surface area contributed by atoms with Crippen LogP contribution in [0.3, 0.4) is 0 Å². The number of amides is 1. The number of benzene rings is 1. The number of fused-ring (bicyclic) bond motifs is 1. The fraction of sp³-hybridized carbons (Fsp3) is 0.200. The number of hydrogen-bond donors (Lipinski definition) is 1. The number of aryl methyl sites for hydroxylation is 2. The third-order valence-corrected chi connectivity index (χ3v) is 3.40. The molecule has 0 radical (unpaired) electrons. The first-order chi connectivity index (χ1) is 10.1. The van der Waals surface area contributed by atoms with Crippen LogP contribution >= 0.6 is 0 Å². The Hall–Kier alpha value is -2.76. The van der Waals surface area contributed by atoms with Gasteiger partial charge in [0.1, 0.15) is 5.75 Å². The fourth-order valence-corrected chi connectivity index (χ4v) is 2.36. The topological polar surface area (TPSA) is 61.1 Å². The zero-order chi connectivity index (χ0) is 15.0. The van der Waals surface area contributed by atoms with E-state index in [9.17, 15) is 4.79 Å². The van der Waals surface area contributed by atoms with Gasteiger partial charge in [0, 0.05) is 37.4 Å². The number of nitrogens with zero attached hydrogens (tertiary/aromatic N) is 3. The molecule has 6 nitrogen and oxygen atoms in total. The minimum Gasteiger partial charge on any atom is -0.497 e. The molecular formula is C15H16N4O2. The molecule has 0 unspecified atom stereocenters. The molecule has 0 saturated carbocycles. The first-order valence-corrected chi connectivity index (χ1v) is 6.51. The maximum atomic E-state index is 12.4. The Balaban J connectivity index is 2.00. The second kappa shape index (κ2) is 4.97. The number of methoxy groups -OCH3 is 1. The van der Waals surface area contributed by atoms with Gasteiger partial charge in [-0.25, -0.2) is 0 Å². The number of carbonyl (C=O) groups is 1. The van der Waals surface area contributed by atoms with E-state index in [4.69, 9.17) is 4.74 Å². The van der Waals surface area contributed by atoms with Crippen LogP contribution in [0, 0.1) is 0 Å². The number of ether oxygens (including phenoxy) is 1. The van der Waals surface area contributed by atoms with Crippen LogP contribution in [0.15, 0.2) is 36.8 Å². The third kappa shape index (κ3) is 2.35. The van der Waals surface area contributed by atoms with E-state index in [2.05, 4.69) is 10.4 Å². The second-order valence-corrected chi connectivity index (χ2v) is 4.89. The molecule has 0 atom stereocenters. The average molecular weight is 284 g/mol. The lowest BCUT2D eigenvalue weighted by molar-refractivity contribution is 0.102. The molecule has 21 heavy (non-hydrogen) atoms. The summed E-state index contributed by atoms with van der Waals surface area (Å²) in [4.78, 5) is 12.4. The van der Waals surface area contributed by atoms with Crippen LogP contribution < -0.4 is 10.1 Å². The summed E-state index contributed by atoms with van der Waals surface area (Å²) in [7, 11) is 5.33. The van der Waals surface area contributed by atoms with Gasteiger partial charge in [-0.2, -0.15) is 5.10 Å². The van der Waals surface area contributed by atoms with E-state index < -0.39 is 0 Å². The normalized spacial score (nSPS) is 10.8. The molecule has 1 aromatic carbocycles. The Labute approximate surface area is 121 Å². The van der Waals surface area contributed by atoms with E-state index in [1.807, 2.05) is 36.0 Å². The van der Waals surface area contributed by atoms with Gasteiger partial charge >= 0.3 is 0 Å². The molecule has 0 aliphatic heterocycles. The van der Waals surface area contributed by atoms with E-state index in [1.54, 1.807) is 31.2 Å². The van der Waals surface area contributed by atoms with Gasteiger partial charge in [0.25, 0.3) is 5.91 Å². The van der Waals surface area contributed by atoms with E-state index in [0.717, 1.165) is 16.7 Å². The summed E-state index contributed by atoms with van der Waals surface area (Å²) in [6.45, 7) is 0. The SMILES string of the molecule is COc1ccc2c(c1)c(C(=O)Nc1cnn(C)c1)cn2C. The van der Waals surface area contributed by atoms with Crippen molar-refractivity contribution in [2.75, 3.05) is 12.4 Å². The van der Waals surface area contributed by atoms with Gasteiger partial charge in [-0.1, -0.05) is 0 Å². The minimum absolute atomic E-state index is 0.165. The predicted molar refractivity (Wildman–Crippen MR) is 80.6 cm³/mol. The summed E-state index contributed by atoms with van der Waals surface area (Å²) in [6.07, 6.45) is 5.18. The monoisotopic (exact) mass is 284 g/mol. The maximum Gasteiger partial charge on any atom is 0.257 e. The summed E-state index contributed by atoms with van der Waals surface area (Å²) < 4.78 is 8.80. The van der Waals surface area contributed by atoms with Crippen molar-refractivity contribution in [1.29, 1.82) is 0 Å². The second-order valence-electron chi connectivity index (χ2n) is 4.89. The van der Waals surface area contributed by atoms with Gasteiger partial charge < -0.3 is 14.6 Å². The van der Waals surface area contributed by atoms with Crippen LogP contribution in [0.2, 0.25) is 0 Å². The van der Waals surface area contributed by atoms with Crippen LogP contribution in [-0.2, 0) is 14.1 Å². The summed E-state index contributed by atoms with van der Waals surface area (Å²) in [6, 6.07) is 5.69. The lowest BCUT2D eigenvalue weighted by atomic mass is 10.1. The number of rotatable bonds is 3. The van der Waals surface area contributed by atoms with Crippen molar-refractivity contribution in [3.05, 3.63) is 42.4 Å². The van der Waals surface area contributed by atoms with Gasteiger partial charge in [0.15, 0.2) is 0 Å². The molecule has 0 fully saturated rings. The fourth-order valence-electron chi connectivity index (χ4n) is 2.36. The quantitative estimate of drug-likeness (QED) is 0.802.